The third kappa shape index (κ3) is 35.1. The summed E-state index contributed by atoms with van der Waals surface area (Å²) in [6.45, 7) is 27.9. The van der Waals surface area contributed by atoms with Crippen molar-refractivity contribution < 1.29 is 81.3 Å². The molecule has 4 atom stereocenters. The molecule has 1 aliphatic carbocycles. The van der Waals surface area contributed by atoms with E-state index in [1.165, 1.54) is 13.8 Å². The summed E-state index contributed by atoms with van der Waals surface area (Å²) < 4.78 is 174. The summed E-state index contributed by atoms with van der Waals surface area (Å²) in [5, 5.41) is 5.98. The molecule has 5 fully saturated rings. The van der Waals surface area contributed by atoms with Crippen molar-refractivity contribution in [1.82, 2.24) is 30.2 Å². The monoisotopic (exact) mass is 1710 g/mol. The molecule has 4 aliphatic heterocycles. The number of alkyl halides is 12. The van der Waals surface area contributed by atoms with E-state index in [0.717, 1.165) is 83.2 Å². The van der Waals surface area contributed by atoms with Crippen LogP contribution in [0.15, 0.2) is 182 Å². The lowest BCUT2D eigenvalue weighted by Gasteiger charge is -2.31. The molecule has 4 saturated heterocycles. The third-order valence-electron chi connectivity index (χ3n) is 23.0. The molecule has 24 heteroatoms. The first-order valence-electron chi connectivity index (χ1n) is 42.4. The molecule has 0 spiro atoms. The summed E-state index contributed by atoms with van der Waals surface area (Å²) in [5.74, 6) is -16.8. The van der Waals surface area contributed by atoms with Crippen molar-refractivity contribution in [2.24, 2.45) is 29.1 Å². The van der Waals surface area contributed by atoms with Crippen LogP contribution < -0.4 is 20.1 Å². The maximum absolute atomic E-state index is 15.5. The van der Waals surface area contributed by atoms with Crippen LogP contribution >= 0.6 is 0 Å². The molecule has 6 aromatic carbocycles. The van der Waals surface area contributed by atoms with Gasteiger partial charge in [-0.15, -0.1) is 0 Å². The quantitative estimate of drug-likeness (QED) is 0.0241. The van der Waals surface area contributed by atoms with E-state index in [9.17, 15) is 63.1 Å². The Labute approximate surface area is 711 Å². The highest BCUT2D eigenvalue weighted by Crippen LogP contribution is 2.47. The highest BCUT2D eigenvalue weighted by atomic mass is 19.3. The first kappa shape index (κ1) is 102. The third-order valence-corrected chi connectivity index (χ3v) is 23.0. The van der Waals surface area contributed by atoms with Gasteiger partial charge in [0.25, 0.3) is 11.8 Å². The standard InChI is InChI=1S/C31H34F2N2O2.C18H25F2NO2.C17H17F2NO.C11H20F2.C10H17F2NO.C10H19F2N/c1-30(2)18-27(29(36)35(30)22-26-14-16-28(37-3)17-15-26)19-31(32,33)23-34(20-24-10-6-4-7-11-24)21-25-12-8-5-9-13-25;1-5-18(19,20)11-14-10-17(2,3)21(16(14)22)12-13-6-8-15(23-4)9-7-13;18-17(19,14-21)13-20(11-15-7-3-1-4-8-15)12-16-9-5-2-6-10-16;1-4-11(12,13)8-9-5-6-10(2,3)7-9;1-4-10(11,12)6-7-5-9(2,3)13-8(7)14;1-4-10(11,12)6-8-5-9(2,3)13-7-8/h4-17,19H,18,20-23H2,1-3H3;6-9,14H,5,10-12H2,1-4H3;1-10,14H,11-13H2;9H,4-8H2,1-3H3;7H,4-6H2,1-3H3,(H,13,14);8,13H,4-7H2,1-3H3. The maximum Gasteiger partial charge on any atom is 0.314 e. The highest BCUT2D eigenvalue weighted by molar-refractivity contribution is 5.97. The van der Waals surface area contributed by atoms with Crippen LogP contribution in [-0.4, -0.2) is 135 Å². The first-order chi connectivity index (χ1) is 56.4. The van der Waals surface area contributed by atoms with Crippen molar-refractivity contribution in [1.29, 1.82) is 0 Å². The molecule has 4 unspecified atom stereocenters. The lowest BCUT2D eigenvalue weighted by molar-refractivity contribution is -0.136. The molecule has 121 heavy (non-hydrogen) atoms. The van der Waals surface area contributed by atoms with Gasteiger partial charge in [-0.05, 0) is 181 Å². The predicted molar refractivity (Wildman–Crippen MR) is 457 cm³/mol. The second kappa shape index (κ2) is 44.4. The molecule has 0 bridgehead atoms. The van der Waals surface area contributed by atoms with E-state index >= 15 is 8.78 Å². The van der Waals surface area contributed by atoms with Gasteiger partial charge in [0.2, 0.25) is 35.5 Å². The molecule has 5 aliphatic rings. The molecule has 6 aromatic rings. The van der Waals surface area contributed by atoms with Crippen LogP contribution in [0.5, 0.6) is 11.5 Å². The molecule has 1 saturated carbocycles. The van der Waals surface area contributed by atoms with Crippen LogP contribution in [0.25, 0.3) is 0 Å². The number of hydrogen-bond acceptors (Lipinski definition) is 9. The Balaban J connectivity index is 0.000000236. The maximum atomic E-state index is 15.5. The molecular formula is C97H132F12N6O6. The van der Waals surface area contributed by atoms with Crippen LogP contribution in [0.2, 0.25) is 0 Å². The van der Waals surface area contributed by atoms with Gasteiger partial charge in [0.15, 0.2) is 6.29 Å². The van der Waals surface area contributed by atoms with Gasteiger partial charge in [0.05, 0.1) is 27.3 Å². The lowest BCUT2D eigenvalue weighted by atomic mass is 9.89. The number of halogens is 12. The number of nitrogens with zero attached hydrogens (tertiary/aromatic N) is 4. The van der Waals surface area contributed by atoms with E-state index in [0.29, 0.717) is 57.5 Å². The van der Waals surface area contributed by atoms with Gasteiger partial charge < -0.3 is 29.9 Å². The molecule has 3 amide bonds. The Morgan fingerprint density at radius 2 is 0.818 bits per heavy atom. The van der Waals surface area contributed by atoms with E-state index in [4.69, 9.17) is 9.47 Å². The van der Waals surface area contributed by atoms with E-state index < -0.39 is 71.5 Å². The fourth-order valence-electron chi connectivity index (χ4n) is 16.4. The van der Waals surface area contributed by atoms with Gasteiger partial charge in [-0.2, -0.15) is 8.78 Å². The second-order valence-electron chi connectivity index (χ2n) is 36.8. The summed E-state index contributed by atoms with van der Waals surface area (Å²) in [6, 6.07) is 52.9. The molecule has 0 radical (unpaired) electrons. The van der Waals surface area contributed by atoms with E-state index in [-0.39, 0.29) is 110 Å². The Hall–Kier alpha value is -8.22. The Morgan fingerprint density at radius 3 is 1.17 bits per heavy atom. The number of benzene rings is 6. The van der Waals surface area contributed by atoms with E-state index in [2.05, 4.69) is 38.3 Å². The Morgan fingerprint density at radius 1 is 0.438 bits per heavy atom. The topological polar surface area (TPSA) is 124 Å². The molecule has 11 rings (SSSR count). The summed E-state index contributed by atoms with van der Waals surface area (Å²) in [4.78, 5) is 54.4. The molecule has 2 N–H and O–H groups in total. The Bertz CT molecular complexity index is 4030. The van der Waals surface area contributed by atoms with Crippen LogP contribution in [0.4, 0.5) is 52.7 Å². The number of rotatable bonds is 32. The number of likely N-dealkylation sites (tertiary alicyclic amines) is 2. The van der Waals surface area contributed by atoms with Gasteiger partial charge in [-0.25, -0.2) is 43.9 Å². The van der Waals surface area contributed by atoms with Crippen molar-refractivity contribution in [2.45, 2.75) is 290 Å². The fraction of sp³-hybridized carbons (Fsp3) is 0.567. The SMILES string of the molecule is CCC(F)(F)CC1CC(C)(C)N(Cc2ccc(OC)cc2)C1=O.CCC(F)(F)CC1CC(C)(C)NC1=O.CCC(F)(F)CC1CCC(C)(C)C1.CCC(F)(F)CC1CNC(C)(C)C1.COc1ccc(CN2C(=O)C(=CC(F)(F)CN(Cc3ccccc3)Cc3ccccc3)CC2(C)C)cc1.O=CC(F)(F)CN(Cc1ccccc1)Cc1ccccc1. The number of nitrogens with one attached hydrogen (secondary N) is 2. The number of aldehydes is 1. The fourth-order valence-corrected chi connectivity index (χ4v) is 16.4. The van der Waals surface area contributed by atoms with E-state index in [1.807, 2.05) is 211 Å². The average Bonchev–Trinajstić information content (AvgIpc) is 1.64. The molecule has 0 aromatic heterocycles. The van der Waals surface area contributed by atoms with Gasteiger partial charge >= 0.3 is 5.92 Å². The number of carbonyl (C=O) groups excluding carboxylic acids is 4. The number of carbonyl (C=O) groups is 4. The zero-order chi connectivity index (χ0) is 90.1. The molecule has 12 nitrogen and oxygen atoms in total. The van der Waals surface area contributed by atoms with Crippen LogP contribution in [0.3, 0.4) is 0 Å². The molecule has 4 heterocycles. The van der Waals surface area contributed by atoms with Crippen molar-refractivity contribution in [3.05, 3.63) is 215 Å². The van der Waals surface area contributed by atoms with E-state index in [1.54, 1.807) is 47.7 Å². The van der Waals surface area contributed by atoms with Crippen LogP contribution in [-0.2, 0) is 58.4 Å². The van der Waals surface area contributed by atoms with Crippen molar-refractivity contribution in [2.75, 3.05) is 33.9 Å². The summed E-state index contributed by atoms with van der Waals surface area (Å²) in [6.07, 6.45) is 4.79. The number of hydrogen-bond donors (Lipinski definition) is 2. The second-order valence-corrected chi connectivity index (χ2v) is 36.8. The summed E-state index contributed by atoms with van der Waals surface area (Å²) >= 11 is 0. The predicted octanol–water partition coefficient (Wildman–Crippen LogP) is 23.6. The van der Waals surface area contributed by atoms with Crippen molar-refractivity contribution in [3.63, 3.8) is 0 Å². The number of methoxy groups -OCH3 is 2. The van der Waals surface area contributed by atoms with Crippen molar-refractivity contribution >= 4 is 24.0 Å². The van der Waals surface area contributed by atoms with Crippen molar-refractivity contribution in [3.8, 4) is 11.5 Å². The minimum Gasteiger partial charge on any atom is -0.497 e. The zero-order valence-corrected chi connectivity index (χ0v) is 73.9. The van der Waals surface area contributed by atoms with Crippen LogP contribution in [0, 0.1) is 29.1 Å². The van der Waals surface area contributed by atoms with Gasteiger partial charge in [-0.1, -0.05) is 187 Å². The summed E-state index contributed by atoms with van der Waals surface area (Å²) in [7, 11) is 3.20. The normalized spacial score (nSPS) is 20.1. The summed E-state index contributed by atoms with van der Waals surface area (Å²) in [5.41, 5.74) is 4.92. The smallest absolute Gasteiger partial charge is 0.314 e. The number of ether oxygens (including phenoxy) is 2. The van der Waals surface area contributed by atoms with Crippen LogP contribution in [0.1, 0.15) is 227 Å². The Kier molecular flexibility index (Phi) is 37.3. The van der Waals surface area contributed by atoms with Gasteiger partial charge in [0.1, 0.15) is 11.5 Å². The molecule has 670 valence electrons. The average molecular weight is 1710 g/mol. The lowest BCUT2D eigenvalue weighted by Crippen LogP contribution is -2.40. The number of amides is 3. The van der Waals surface area contributed by atoms with Gasteiger partial charge in [-0.3, -0.25) is 29.0 Å². The minimum atomic E-state index is -3.33. The van der Waals surface area contributed by atoms with Gasteiger partial charge in [0, 0.05) is 137 Å². The zero-order valence-electron chi connectivity index (χ0n) is 73.9. The first-order valence-corrected chi connectivity index (χ1v) is 42.4. The minimum absolute atomic E-state index is 0.00999. The highest BCUT2D eigenvalue weighted by Gasteiger charge is 2.49. The largest absolute Gasteiger partial charge is 0.497 e. The molecular weight excluding hydrogens is 1570 g/mol.